The smallest absolute Gasteiger partial charge is 0.322 e. The van der Waals surface area contributed by atoms with E-state index < -0.39 is 22.0 Å². The van der Waals surface area contributed by atoms with Crippen LogP contribution in [0, 0.1) is 0 Å². The molecule has 7 nitrogen and oxygen atoms in total. The number of carbonyl (C=O) groups is 1. The van der Waals surface area contributed by atoms with Crippen LogP contribution in [-0.4, -0.2) is 50.6 Å². The normalized spacial score (nSPS) is 19.4. The van der Waals surface area contributed by atoms with Crippen LogP contribution in [0.2, 0.25) is 0 Å². The molecule has 0 bridgehead atoms. The second-order valence-corrected chi connectivity index (χ2v) is 6.43. The zero-order valence-electron chi connectivity index (χ0n) is 11.8. The van der Waals surface area contributed by atoms with Gasteiger partial charge in [0, 0.05) is 6.54 Å². The lowest BCUT2D eigenvalue weighted by atomic mass is 10.2. The van der Waals surface area contributed by atoms with Gasteiger partial charge in [0.15, 0.2) is 4.90 Å². The molecule has 1 atom stereocenters. The summed E-state index contributed by atoms with van der Waals surface area (Å²) in [6, 6.07) is 3.56. The molecule has 0 radical (unpaired) electrons. The zero-order chi connectivity index (χ0) is 15.6. The van der Waals surface area contributed by atoms with Gasteiger partial charge in [-0.3, -0.25) is 4.79 Å². The fourth-order valence-electron chi connectivity index (χ4n) is 2.46. The Hall–Kier alpha value is -1.80. The average molecular weight is 315 g/mol. The Morgan fingerprint density at radius 2 is 1.86 bits per heavy atom. The van der Waals surface area contributed by atoms with Crippen molar-refractivity contribution in [1.29, 1.82) is 0 Å². The standard InChI is InChI=1S/C13H17NO6S/c1-19-10-6-3-7-11(20-2)12(10)21(17,18)14-8-4-5-9(14)13(15)16/h3,6-7,9H,4-5,8H2,1-2H3,(H,15,16)/t9-/m1/s1. The van der Waals surface area contributed by atoms with Gasteiger partial charge in [-0.2, -0.15) is 4.31 Å². The highest BCUT2D eigenvalue weighted by atomic mass is 32.2. The van der Waals surface area contributed by atoms with E-state index in [1.165, 1.54) is 26.4 Å². The van der Waals surface area contributed by atoms with Crippen molar-refractivity contribution < 1.29 is 27.8 Å². The van der Waals surface area contributed by atoms with E-state index in [0.717, 1.165) is 4.31 Å². The van der Waals surface area contributed by atoms with Crippen LogP contribution in [0.1, 0.15) is 12.8 Å². The van der Waals surface area contributed by atoms with Gasteiger partial charge < -0.3 is 14.6 Å². The number of carboxylic acids is 1. The second kappa shape index (κ2) is 5.90. The molecule has 0 spiro atoms. The van der Waals surface area contributed by atoms with Gasteiger partial charge in [0.25, 0.3) is 10.0 Å². The van der Waals surface area contributed by atoms with Crippen LogP contribution >= 0.6 is 0 Å². The first-order valence-corrected chi connectivity index (χ1v) is 7.83. The number of aliphatic carboxylic acids is 1. The largest absolute Gasteiger partial charge is 0.495 e. The van der Waals surface area contributed by atoms with Crippen molar-refractivity contribution in [3.05, 3.63) is 18.2 Å². The maximum Gasteiger partial charge on any atom is 0.322 e. The summed E-state index contributed by atoms with van der Waals surface area (Å²) in [6.07, 6.45) is 0.805. The van der Waals surface area contributed by atoms with Crippen LogP contribution in [0.3, 0.4) is 0 Å². The molecule has 8 heteroatoms. The predicted octanol–water partition coefficient (Wildman–Crippen LogP) is 0.942. The molecular weight excluding hydrogens is 298 g/mol. The Morgan fingerprint density at radius 3 is 2.33 bits per heavy atom. The molecule has 116 valence electrons. The van der Waals surface area contributed by atoms with E-state index >= 15 is 0 Å². The van der Waals surface area contributed by atoms with Crippen molar-refractivity contribution in [1.82, 2.24) is 4.31 Å². The Kier molecular flexibility index (Phi) is 4.38. The first-order chi connectivity index (χ1) is 9.93. The molecule has 0 aromatic heterocycles. The third-order valence-electron chi connectivity index (χ3n) is 3.44. The molecule has 0 unspecified atom stereocenters. The van der Waals surface area contributed by atoms with E-state index in [2.05, 4.69) is 0 Å². The van der Waals surface area contributed by atoms with Gasteiger partial charge >= 0.3 is 5.97 Å². The Bertz CT molecular complexity index is 620. The molecule has 1 aliphatic rings. The van der Waals surface area contributed by atoms with E-state index in [9.17, 15) is 18.3 Å². The van der Waals surface area contributed by atoms with Crippen molar-refractivity contribution in [2.75, 3.05) is 20.8 Å². The first kappa shape index (κ1) is 15.6. The van der Waals surface area contributed by atoms with Crippen molar-refractivity contribution in [3.8, 4) is 11.5 Å². The van der Waals surface area contributed by atoms with Crippen LogP contribution in [0.15, 0.2) is 23.1 Å². The summed E-state index contributed by atoms with van der Waals surface area (Å²) in [6.45, 7) is 0.167. The van der Waals surface area contributed by atoms with Crippen molar-refractivity contribution >= 4 is 16.0 Å². The minimum atomic E-state index is -4.02. The van der Waals surface area contributed by atoms with Gasteiger partial charge in [0.05, 0.1) is 14.2 Å². The molecular formula is C13H17NO6S. The Morgan fingerprint density at radius 1 is 1.29 bits per heavy atom. The second-order valence-electron chi connectivity index (χ2n) is 4.60. The quantitative estimate of drug-likeness (QED) is 0.869. The summed E-state index contributed by atoms with van der Waals surface area (Å²) in [4.78, 5) is 11.1. The molecule has 1 aromatic carbocycles. The van der Waals surface area contributed by atoms with E-state index in [1.807, 2.05) is 0 Å². The number of ether oxygens (including phenoxy) is 2. The van der Waals surface area contributed by atoms with E-state index in [0.29, 0.717) is 12.8 Å². The SMILES string of the molecule is COc1cccc(OC)c1S(=O)(=O)N1CCC[C@@H]1C(=O)O. The van der Waals surface area contributed by atoms with Crippen molar-refractivity contribution in [2.45, 2.75) is 23.8 Å². The monoisotopic (exact) mass is 315 g/mol. The maximum atomic E-state index is 12.8. The average Bonchev–Trinajstić information content (AvgIpc) is 2.96. The summed E-state index contributed by atoms with van der Waals surface area (Å²) in [7, 11) is -1.31. The first-order valence-electron chi connectivity index (χ1n) is 6.39. The lowest BCUT2D eigenvalue weighted by Crippen LogP contribution is -2.40. The summed E-state index contributed by atoms with van der Waals surface area (Å²) in [5.41, 5.74) is 0. The van der Waals surface area contributed by atoms with Gasteiger partial charge in [-0.05, 0) is 25.0 Å². The van der Waals surface area contributed by atoms with Crippen LogP contribution in [0.4, 0.5) is 0 Å². The number of benzene rings is 1. The van der Waals surface area contributed by atoms with Crippen LogP contribution in [0.25, 0.3) is 0 Å². The van der Waals surface area contributed by atoms with E-state index in [-0.39, 0.29) is 22.9 Å². The molecule has 1 heterocycles. The number of sulfonamides is 1. The highest BCUT2D eigenvalue weighted by Crippen LogP contribution is 2.37. The number of hydrogen-bond acceptors (Lipinski definition) is 5. The highest BCUT2D eigenvalue weighted by molar-refractivity contribution is 7.89. The van der Waals surface area contributed by atoms with Gasteiger partial charge in [0.1, 0.15) is 17.5 Å². The zero-order valence-corrected chi connectivity index (χ0v) is 12.6. The fourth-order valence-corrected chi connectivity index (χ4v) is 4.41. The molecule has 0 saturated carbocycles. The molecule has 0 amide bonds. The van der Waals surface area contributed by atoms with Gasteiger partial charge in [-0.15, -0.1) is 0 Å². The van der Waals surface area contributed by atoms with Gasteiger partial charge in [0.2, 0.25) is 0 Å². The Labute approximate surface area is 123 Å². The third-order valence-corrected chi connectivity index (χ3v) is 5.41. The molecule has 2 rings (SSSR count). The number of hydrogen-bond donors (Lipinski definition) is 1. The van der Waals surface area contributed by atoms with E-state index in [4.69, 9.17) is 9.47 Å². The van der Waals surface area contributed by atoms with Crippen LogP contribution in [-0.2, 0) is 14.8 Å². The number of methoxy groups -OCH3 is 2. The lowest BCUT2D eigenvalue weighted by Gasteiger charge is -2.23. The summed E-state index contributed by atoms with van der Waals surface area (Å²) in [5.74, 6) is -0.888. The summed E-state index contributed by atoms with van der Waals surface area (Å²) < 4.78 is 36.8. The number of carboxylic acid groups (broad SMARTS) is 1. The van der Waals surface area contributed by atoms with Crippen molar-refractivity contribution in [3.63, 3.8) is 0 Å². The predicted molar refractivity (Wildman–Crippen MR) is 74.1 cm³/mol. The third kappa shape index (κ3) is 2.68. The fraction of sp³-hybridized carbons (Fsp3) is 0.462. The topological polar surface area (TPSA) is 93.1 Å². The molecule has 1 N–H and O–H groups in total. The minimum Gasteiger partial charge on any atom is -0.495 e. The minimum absolute atomic E-state index is 0.130. The molecule has 1 aromatic rings. The number of nitrogens with zero attached hydrogens (tertiary/aromatic N) is 1. The summed E-state index contributed by atoms with van der Waals surface area (Å²) in [5, 5.41) is 9.18. The highest BCUT2D eigenvalue weighted by Gasteiger charge is 2.42. The lowest BCUT2D eigenvalue weighted by molar-refractivity contribution is -0.140. The molecule has 1 saturated heterocycles. The van der Waals surface area contributed by atoms with Gasteiger partial charge in [-0.1, -0.05) is 6.07 Å². The van der Waals surface area contributed by atoms with E-state index in [1.54, 1.807) is 6.07 Å². The Balaban J connectivity index is 2.56. The molecule has 0 aliphatic carbocycles. The van der Waals surface area contributed by atoms with Crippen molar-refractivity contribution in [2.24, 2.45) is 0 Å². The molecule has 1 aliphatic heterocycles. The van der Waals surface area contributed by atoms with Gasteiger partial charge in [-0.25, -0.2) is 8.42 Å². The number of rotatable bonds is 5. The molecule has 1 fully saturated rings. The van der Waals surface area contributed by atoms with Crippen LogP contribution in [0.5, 0.6) is 11.5 Å². The maximum absolute atomic E-state index is 12.8. The van der Waals surface area contributed by atoms with Crippen LogP contribution < -0.4 is 9.47 Å². The summed E-state index contributed by atoms with van der Waals surface area (Å²) >= 11 is 0. The molecule has 21 heavy (non-hydrogen) atoms.